The second-order valence-corrected chi connectivity index (χ2v) is 10.2. The highest BCUT2D eigenvalue weighted by molar-refractivity contribution is 6.30. The van der Waals surface area contributed by atoms with E-state index in [2.05, 4.69) is 27.5 Å². The zero-order chi connectivity index (χ0) is 22.6. The van der Waals surface area contributed by atoms with Crippen LogP contribution in [0.25, 0.3) is 0 Å². The number of nitrogens with one attached hydrogen (secondary N) is 2. The highest BCUT2D eigenvalue weighted by Gasteiger charge is 2.37. The van der Waals surface area contributed by atoms with Crippen molar-refractivity contribution in [1.82, 2.24) is 20.0 Å². The van der Waals surface area contributed by atoms with Gasteiger partial charge in [-0.05, 0) is 62.7 Å². The van der Waals surface area contributed by atoms with Gasteiger partial charge in [-0.1, -0.05) is 32.4 Å². The molecule has 0 radical (unpaired) electrons. The van der Waals surface area contributed by atoms with E-state index >= 15 is 0 Å². The van der Waals surface area contributed by atoms with Crippen molar-refractivity contribution in [3.05, 3.63) is 29.3 Å². The van der Waals surface area contributed by atoms with Crippen molar-refractivity contribution in [2.24, 2.45) is 5.41 Å². The number of amides is 3. The van der Waals surface area contributed by atoms with Crippen LogP contribution in [0.4, 0.5) is 10.5 Å². The van der Waals surface area contributed by atoms with Crippen LogP contribution in [0.1, 0.15) is 33.6 Å². The van der Waals surface area contributed by atoms with E-state index in [9.17, 15) is 9.59 Å². The molecule has 2 fully saturated rings. The standard InChI is InChI=1S/C23H36ClN5O2/c1-23(2,3)20(26-22(31)25-18-7-5-17(24)6-8-18)21(30)29-15-13-28(14-16-29)19-9-11-27(4)12-10-19/h5-8,19-20H,9-16H2,1-4H3,(H2,25,26,31). The third-order valence-corrected chi connectivity index (χ3v) is 6.57. The second-order valence-electron chi connectivity index (χ2n) is 9.80. The zero-order valence-electron chi connectivity index (χ0n) is 19.2. The van der Waals surface area contributed by atoms with E-state index in [1.165, 1.54) is 12.8 Å². The smallest absolute Gasteiger partial charge is 0.319 e. The van der Waals surface area contributed by atoms with Gasteiger partial charge in [-0.3, -0.25) is 9.69 Å². The van der Waals surface area contributed by atoms with Crippen LogP contribution >= 0.6 is 11.6 Å². The fraction of sp³-hybridized carbons (Fsp3) is 0.652. The predicted molar refractivity (Wildman–Crippen MR) is 126 cm³/mol. The average Bonchev–Trinajstić information content (AvgIpc) is 2.73. The van der Waals surface area contributed by atoms with Crippen LogP contribution in [0.15, 0.2) is 24.3 Å². The fourth-order valence-corrected chi connectivity index (χ4v) is 4.46. The van der Waals surface area contributed by atoms with E-state index in [-0.39, 0.29) is 11.9 Å². The predicted octanol–water partition coefficient (Wildman–Crippen LogP) is 3.11. The van der Waals surface area contributed by atoms with Gasteiger partial charge >= 0.3 is 6.03 Å². The quantitative estimate of drug-likeness (QED) is 0.741. The summed E-state index contributed by atoms with van der Waals surface area (Å²) < 4.78 is 0. The molecule has 1 aromatic carbocycles. The molecular formula is C23H36ClN5O2. The van der Waals surface area contributed by atoms with Crippen molar-refractivity contribution in [2.75, 3.05) is 51.6 Å². The Morgan fingerprint density at radius 2 is 1.58 bits per heavy atom. The molecule has 1 aromatic rings. The minimum Gasteiger partial charge on any atom is -0.338 e. The van der Waals surface area contributed by atoms with E-state index in [0.717, 1.165) is 26.2 Å². The number of hydrogen-bond donors (Lipinski definition) is 2. The van der Waals surface area contributed by atoms with Crippen molar-refractivity contribution in [3.8, 4) is 0 Å². The normalized spacial score (nSPS) is 20.4. The second kappa shape index (κ2) is 10.2. The summed E-state index contributed by atoms with van der Waals surface area (Å²) in [6, 6.07) is 6.53. The van der Waals surface area contributed by atoms with Crippen LogP contribution in [-0.2, 0) is 4.79 Å². The Bertz CT molecular complexity index is 748. The summed E-state index contributed by atoms with van der Waals surface area (Å²) >= 11 is 5.90. The molecule has 0 aromatic heterocycles. The summed E-state index contributed by atoms with van der Waals surface area (Å²) in [6.07, 6.45) is 2.39. The van der Waals surface area contributed by atoms with Gasteiger partial charge in [0.1, 0.15) is 6.04 Å². The largest absolute Gasteiger partial charge is 0.338 e. The van der Waals surface area contributed by atoms with Gasteiger partial charge in [0.2, 0.25) is 5.91 Å². The number of benzene rings is 1. The Labute approximate surface area is 191 Å². The summed E-state index contributed by atoms with van der Waals surface area (Å²) in [5.74, 6) is -0.0122. The summed E-state index contributed by atoms with van der Waals surface area (Å²) in [6.45, 7) is 11.4. The van der Waals surface area contributed by atoms with Crippen LogP contribution in [0.3, 0.4) is 0 Å². The lowest BCUT2D eigenvalue weighted by Gasteiger charge is -2.43. The SMILES string of the molecule is CN1CCC(N2CCN(C(=O)C(NC(=O)Nc3ccc(Cl)cc3)C(C)(C)C)CC2)CC1. The maximum atomic E-state index is 13.3. The highest BCUT2D eigenvalue weighted by atomic mass is 35.5. The van der Waals surface area contributed by atoms with Crippen LogP contribution in [-0.4, -0.2) is 85.0 Å². The van der Waals surface area contributed by atoms with E-state index in [4.69, 9.17) is 11.6 Å². The van der Waals surface area contributed by atoms with Crippen molar-refractivity contribution in [2.45, 2.75) is 45.7 Å². The number of nitrogens with zero attached hydrogens (tertiary/aromatic N) is 3. The third-order valence-electron chi connectivity index (χ3n) is 6.32. The lowest BCUT2D eigenvalue weighted by atomic mass is 9.85. The number of hydrogen-bond acceptors (Lipinski definition) is 4. The first kappa shape index (κ1) is 23.8. The monoisotopic (exact) mass is 449 g/mol. The third kappa shape index (κ3) is 6.57. The lowest BCUT2D eigenvalue weighted by molar-refractivity contribution is -0.138. The molecule has 8 heteroatoms. The molecule has 172 valence electrons. The molecule has 2 heterocycles. The van der Waals surface area contributed by atoms with Gasteiger partial charge < -0.3 is 20.4 Å². The first-order valence-corrected chi connectivity index (χ1v) is 11.6. The Hall–Kier alpha value is -1.83. The molecular weight excluding hydrogens is 414 g/mol. The molecule has 0 spiro atoms. The van der Waals surface area contributed by atoms with Gasteiger partial charge in [-0.25, -0.2) is 4.79 Å². The van der Waals surface area contributed by atoms with Crippen LogP contribution in [0, 0.1) is 5.41 Å². The molecule has 3 amide bonds. The minimum atomic E-state index is -0.602. The van der Waals surface area contributed by atoms with Gasteiger partial charge in [0.15, 0.2) is 0 Å². The van der Waals surface area contributed by atoms with E-state index in [1.54, 1.807) is 24.3 Å². The Kier molecular flexibility index (Phi) is 7.83. The van der Waals surface area contributed by atoms with Gasteiger partial charge in [0.25, 0.3) is 0 Å². The molecule has 0 aliphatic carbocycles. The van der Waals surface area contributed by atoms with Crippen LogP contribution in [0.2, 0.25) is 5.02 Å². The van der Waals surface area contributed by atoms with E-state index < -0.39 is 11.5 Å². The van der Waals surface area contributed by atoms with Gasteiger partial charge in [-0.2, -0.15) is 0 Å². The Morgan fingerprint density at radius 1 is 1.00 bits per heavy atom. The van der Waals surface area contributed by atoms with Crippen molar-refractivity contribution < 1.29 is 9.59 Å². The number of carbonyl (C=O) groups excluding carboxylic acids is 2. The van der Waals surface area contributed by atoms with Gasteiger partial charge in [0, 0.05) is 42.9 Å². The Balaban J connectivity index is 1.56. The van der Waals surface area contributed by atoms with Crippen LogP contribution in [0.5, 0.6) is 0 Å². The molecule has 0 bridgehead atoms. The maximum absolute atomic E-state index is 13.3. The number of anilines is 1. The first-order valence-electron chi connectivity index (χ1n) is 11.2. The lowest BCUT2D eigenvalue weighted by Crippen LogP contribution is -2.60. The number of rotatable bonds is 4. The zero-order valence-corrected chi connectivity index (χ0v) is 19.9. The molecule has 3 rings (SSSR count). The average molecular weight is 450 g/mol. The number of urea groups is 1. The molecule has 31 heavy (non-hydrogen) atoms. The first-order chi connectivity index (χ1) is 14.6. The maximum Gasteiger partial charge on any atom is 0.319 e. The molecule has 0 saturated carbocycles. The number of carbonyl (C=O) groups is 2. The number of piperidine rings is 1. The van der Waals surface area contributed by atoms with Crippen molar-refractivity contribution in [1.29, 1.82) is 0 Å². The summed E-state index contributed by atoms with van der Waals surface area (Å²) in [4.78, 5) is 32.8. The highest BCUT2D eigenvalue weighted by Crippen LogP contribution is 2.23. The van der Waals surface area contributed by atoms with Crippen LogP contribution < -0.4 is 10.6 Å². The molecule has 1 atom stereocenters. The molecule has 2 saturated heterocycles. The molecule has 2 aliphatic heterocycles. The number of halogens is 1. The number of piperazine rings is 1. The molecule has 7 nitrogen and oxygen atoms in total. The molecule has 1 unspecified atom stereocenters. The summed E-state index contributed by atoms with van der Waals surface area (Å²) in [7, 11) is 2.18. The summed E-state index contributed by atoms with van der Waals surface area (Å²) in [5, 5.41) is 6.30. The molecule has 2 N–H and O–H groups in total. The van der Waals surface area contributed by atoms with Crippen molar-refractivity contribution in [3.63, 3.8) is 0 Å². The molecule has 2 aliphatic rings. The number of likely N-dealkylation sites (tertiary alicyclic amines) is 1. The summed E-state index contributed by atoms with van der Waals surface area (Å²) in [5.41, 5.74) is 0.230. The van der Waals surface area contributed by atoms with E-state index in [0.29, 0.717) is 29.8 Å². The van der Waals surface area contributed by atoms with Gasteiger partial charge in [0.05, 0.1) is 0 Å². The Morgan fingerprint density at radius 3 is 2.13 bits per heavy atom. The fourth-order valence-electron chi connectivity index (χ4n) is 4.33. The van der Waals surface area contributed by atoms with Gasteiger partial charge in [-0.15, -0.1) is 0 Å². The van der Waals surface area contributed by atoms with Crippen molar-refractivity contribution >= 4 is 29.2 Å². The van der Waals surface area contributed by atoms with E-state index in [1.807, 2.05) is 25.7 Å². The minimum absolute atomic E-state index is 0.0122. The topological polar surface area (TPSA) is 67.9 Å².